The highest BCUT2D eigenvalue weighted by molar-refractivity contribution is 6.46. The van der Waals surface area contributed by atoms with Crippen molar-refractivity contribution < 1.29 is 24.2 Å². The standard InChI is InChI=1S/C29H38N2O5/c1-6-7-8-18-35-23-14-12-21(13-15-23)27(32)25-26(22-10-9-11-24(19-22)36-20(2)3)31(17-16-30(4)5)29(34)28(25)33/h9-15,19-20,26,32H,6-8,16-18H2,1-5H3/b27-25-. The molecule has 1 aliphatic heterocycles. The molecule has 3 rings (SSSR count). The quantitative estimate of drug-likeness (QED) is 0.193. The molecule has 1 amide bonds. The zero-order chi connectivity index (χ0) is 26.2. The molecule has 194 valence electrons. The van der Waals surface area contributed by atoms with E-state index in [4.69, 9.17) is 9.47 Å². The van der Waals surface area contributed by atoms with Crippen LogP contribution in [0.4, 0.5) is 0 Å². The maximum atomic E-state index is 13.2. The largest absolute Gasteiger partial charge is 0.507 e. The Balaban J connectivity index is 1.99. The second-order valence-corrected chi connectivity index (χ2v) is 9.61. The van der Waals surface area contributed by atoms with Crippen LogP contribution in [0.3, 0.4) is 0 Å². The molecule has 1 fully saturated rings. The highest BCUT2D eigenvalue weighted by Gasteiger charge is 2.46. The molecular weight excluding hydrogens is 456 g/mol. The van der Waals surface area contributed by atoms with Gasteiger partial charge in [-0.25, -0.2) is 0 Å². The van der Waals surface area contributed by atoms with E-state index in [9.17, 15) is 14.7 Å². The molecule has 0 bridgehead atoms. The van der Waals surface area contributed by atoms with Crippen molar-refractivity contribution in [2.75, 3.05) is 33.8 Å². The van der Waals surface area contributed by atoms with Crippen LogP contribution in [0.2, 0.25) is 0 Å². The predicted octanol–water partition coefficient (Wildman–Crippen LogP) is 5.03. The first-order valence-electron chi connectivity index (χ1n) is 12.7. The van der Waals surface area contributed by atoms with Gasteiger partial charge in [0.15, 0.2) is 0 Å². The molecule has 7 nitrogen and oxygen atoms in total. The molecular formula is C29H38N2O5. The number of rotatable bonds is 12. The van der Waals surface area contributed by atoms with E-state index in [1.165, 1.54) is 4.90 Å². The molecule has 2 aromatic rings. The summed E-state index contributed by atoms with van der Waals surface area (Å²) in [6.07, 6.45) is 3.18. The molecule has 7 heteroatoms. The lowest BCUT2D eigenvalue weighted by Gasteiger charge is -2.27. The molecule has 1 unspecified atom stereocenters. The Morgan fingerprint density at radius 3 is 2.42 bits per heavy atom. The number of ether oxygens (including phenoxy) is 2. The van der Waals surface area contributed by atoms with Crippen LogP contribution in [0.25, 0.3) is 5.76 Å². The molecule has 1 aliphatic rings. The Kier molecular flexibility index (Phi) is 9.53. The molecule has 0 saturated carbocycles. The summed E-state index contributed by atoms with van der Waals surface area (Å²) in [6.45, 7) is 7.57. The van der Waals surface area contributed by atoms with Gasteiger partial charge in [0, 0.05) is 18.7 Å². The molecule has 0 radical (unpaired) electrons. The lowest BCUT2D eigenvalue weighted by atomic mass is 9.95. The zero-order valence-electron chi connectivity index (χ0n) is 22.0. The van der Waals surface area contributed by atoms with Gasteiger partial charge in [0.2, 0.25) is 0 Å². The van der Waals surface area contributed by atoms with E-state index in [2.05, 4.69) is 6.92 Å². The number of aliphatic hydroxyl groups is 1. The minimum atomic E-state index is -0.717. The van der Waals surface area contributed by atoms with Crippen LogP contribution < -0.4 is 9.47 Å². The molecule has 0 aromatic heterocycles. The number of carbonyl (C=O) groups is 2. The third-order valence-electron chi connectivity index (χ3n) is 6.02. The molecule has 0 spiro atoms. The van der Waals surface area contributed by atoms with Gasteiger partial charge in [0.25, 0.3) is 11.7 Å². The van der Waals surface area contributed by atoms with Crippen molar-refractivity contribution in [2.24, 2.45) is 0 Å². The number of amides is 1. The van der Waals surface area contributed by atoms with Crippen molar-refractivity contribution in [3.63, 3.8) is 0 Å². The first-order valence-corrected chi connectivity index (χ1v) is 12.7. The number of aliphatic hydroxyl groups excluding tert-OH is 1. The summed E-state index contributed by atoms with van der Waals surface area (Å²) in [6, 6.07) is 13.6. The van der Waals surface area contributed by atoms with Crippen molar-refractivity contribution in [3.05, 3.63) is 65.2 Å². The molecule has 1 N–H and O–H groups in total. The van der Waals surface area contributed by atoms with Crippen molar-refractivity contribution >= 4 is 17.4 Å². The second kappa shape index (κ2) is 12.6. The Labute approximate surface area is 214 Å². The van der Waals surface area contributed by atoms with E-state index in [0.29, 0.717) is 42.3 Å². The maximum absolute atomic E-state index is 13.2. The number of Topliss-reactive ketones (excluding diaryl/α,β-unsaturated/α-hetero) is 1. The Morgan fingerprint density at radius 1 is 1.06 bits per heavy atom. The highest BCUT2D eigenvalue weighted by Crippen LogP contribution is 2.40. The Bertz CT molecular complexity index is 1080. The number of benzene rings is 2. The van der Waals surface area contributed by atoms with E-state index in [0.717, 1.165) is 19.3 Å². The molecule has 0 aliphatic carbocycles. The predicted molar refractivity (Wildman–Crippen MR) is 141 cm³/mol. The van der Waals surface area contributed by atoms with Crippen LogP contribution in [0.15, 0.2) is 54.1 Å². The van der Waals surface area contributed by atoms with Gasteiger partial charge in [-0.05, 0) is 76.3 Å². The Hall–Kier alpha value is -3.32. The summed E-state index contributed by atoms with van der Waals surface area (Å²) in [4.78, 5) is 29.8. The third-order valence-corrected chi connectivity index (χ3v) is 6.02. The van der Waals surface area contributed by atoms with Crippen molar-refractivity contribution in [3.8, 4) is 11.5 Å². The number of unbranched alkanes of at least 4 members (excludes halogenated alkanes) is 2. The van der Waals surface area contributed by atoms with Gasteiger partial charge in [-0.15, -0.1) is 0 Å². The first-order chi connectivity index (χ1) is 17.2. The summed E-state index contributed by atoms with van der Waals surface area (Å²) < 4.78 is 11.6. The lowest BCUT2D eigenvalue weighted by Crippen LogP contribution is -2.35. The third kappa shape index (κ3) is 6.66. The molecule has 1 atom stereocenters. The zero-order valence-corrected chi connectivity index (χ0v) is 22.0. The number of ketones is 1. The van der Waals surface area contributed by atoms with Crippen molar-refractivity contribution in [1.29, 1.82) is 0 Å². The van der Waals surface area contributed by atoms with E-state index in [1.807, 2.05) is 57.1 Å². The van der Waals surface area contributed by atoms with Gasteiger partial charge in [-0.3, -0.25) is 9.59 Å². The smallest absolute Gasteiger partial charge is 0.295 e. The molecule has 2 aromatic carbocycles. The van der Waals surface area contributed by atoms with Crippen LogP contribution >= 0.6 is 0 Å². The second-order valence-electron chi connectivity index (χ2n) is 9.61. The number of nitrogens with zero attached hydrogens (tertiary/aromatic N) is 2. The van der Waals surface area contributed by atoms with Crippen LogP contribution in [0.5, 0.6) is 11.5 Å². The molecule has 36 heavy (non-hydrogen) atoms. The average Bonchev–Trinajstić information content (AvgIpc) is 3.10. The highest BCUT2D eigenvalue weighted by atomic mass is 16.5. The van der Waals surface area contributed by atoms with Crippen LogP contribution in [-0.4, -0.2) is 66.5 Å². The minimum Gasteiger partial charge on any atom is -0.507 e. The number of carbonyl (C=O) groups excluding carboxylic acids is 2. The Morgan fingerprint density at radius 2 is 1.78 bits per heavy atom. The van der Waals surface area contributed by atoms with Crippen LogP contribution in [0, 0.1) is 0 Å². The summed E-state index contributed by atoms with van der Waals surface area (Å²) >= 11 is 0. The topological polar surface area (TPSA) is 79.3 Å². The van der Waals surface area contributed by atoms with Gasteiger partial charge in [0.1, 0.15) is 17.3 Å². The number of hydrogen-bond acceptors (Lipinski definition) is 6. The van der Waals surface area contributed by atoms with Crippen LogP contribution in [-0.2, 0) is 9.59 Å². The van der Waals surface area contributed by atoms with Crippen LogP contribution in [0.1, 0.15) is 57.2 Å². The summed E-state index contributed by atoms with van der Waals surface area (Å²) in [5.74, 6) is -0.159. The monoisotopic (exact) mass is 494 g/mol. The lowest BCUT2D eigenvalue weighted by molar-refractivity contribution is -0.140. The van der Waals surface area contributed by atoms with E-state index < -0.39 is 17.7 Å². The SMILES string of the molecule is CCCCCOc1ccc(/C(O)=C2/C(=O)C(=O)N(CCN(C)C)C2c2cccc(OC(C)C)c2)cc1. The number of likely N-dealkylation sites (tertiary alicyclic amines) is 1. The summed E-state index contributed by atoms with van der Waals surface area (Å²) in [5, 5.41) is 11.3. The molecule has 1 heterocycles. The first kappa shape index (κ1) is 27.3. The average molecular weight is 495 g/mol. The fourth-order valence-corrected chi connectivity index (χ4v) is 4.20. The van der Waals surface area contributed by atoms with E-state index in [1.54, 1.807) is 24.3 Å². The van der Waals surface area contributed by atoms with Gasteiger partial charge < -0.3 is 24.4 Å². The molecule has 1 saturated heterocycles. The fraction of sp³-hybridized carbons (Fsp3) is 0.448. The summed E-state index contributed by atoms with van der Waals surface area (Å²) in [5.41, 5.74) is 1.25. The van der Waals surface area contributed by atoms with Crippen molar-refractivity contribution in [1.82, 2.24) is 9.80 Å². The fourth-order valence-electron chi connectivity index (χ4n) is 4.20. The van der Waals surface area contributed by atoms with Gasteiger partial charge in [-0.2, -0.15) is 0 Å². The van der Waals surface area contributed by atoms with Gasteiger partial charge in [-0.1, -0.05) is 31.9 Å². The number of likely N-dealkylation sites (N-methyl/N-ethyl adjacent to an activating group) is 1. The number of hydrogen-bond donors (Lipinski definition) is 1. The summed E-state index contributed by atoms with van der Waals surface area (Å²) in [7, 11) is 3.82. The maximum Gasteiger partial charge on any atom is 0.295 e. The van der Waals surface area contributed by atoms with E-state index in [-0.39, 0.29) is 17.4 Å². The minimum absolute atomic E-state index is 0.0249. The van der Waals surface area contributed by atoms with E-state index >= 15 is 0 Å². The van der Waals surface area contributed by atoms with Gasteiger partial charge in [0.05, 0.1) is 24.3 Å². The van der Waals surface area contributed by atoms with Crippen molar-refractivity contribution in [2.45, 2.75) is 52.2 Å². The van der Waals surface area contributed by atoms with Gasteiger partial charge >= 0.3 is 0 Å². The normalized spacial score (nSPS) is 17.3.